The summed E-state index contributed by atoms with van der Waals surface area (Å²) in [5.41, 5.74) is 0.337. The van der Waals surface area contributed by atoms with Gasteiger partial charge in [0.05, 0.1) is 0 Å². The zero-order chi connectivity index (χ0) is 13.3. The van der Waals surface area contributed by atoms with Crippen LogP contribution in [0.4, 0.5) is 0 Å². The summed E-state index contributed by atoms with van der Waals surface area (Å²) in [5, 5.41) is 3.71. The van der Waals surface area contributed by atoms with Gasteiger partial charge in [-0.1, -0.05) is 20.3 Å². The predicted molar refractivity (Wildman–Crippen MR) is 78.8 cm³/mol. The second-order valence-electron chi connectivity index (χ2n) is 6.81. The van der Waals surface area contributed by atoms with E-state index in [2.05, 4.69) is 45.2 Å². The third-order valence-electron chi connectivity index (χ3n) is 6.23. The van der Waals surface area contributed by atoms with Gasteiger partial charge in [0, 0.05) is 11.6 Å². The van der Waals surface area contributed by atoms with Gasteiger partial charge in [0.2, 0.25) is 0 Å². The quantitative estimate of drug-likeness (QED) is 0.781. The van der Waals surface area contributed by atoms with Crippen molar-refractivity contribution in [1.29, 1.82) is 0 Å². The molecule has 0 spiro atoms. The molecule has 4 atom stereocenters. The smallest absolute Gasteiger partial charge is 0.0353 e. The van der Waals surface area contributed by atoms with E-state index in [0.29, 0.717) is 11.6 Å². The zero-order valence-electron chi connectivity index (χ0n) is 13.0. The van der Waals surface area contributed by atoms with Crippen molar-refractivity contribution in [1.82, 2.24) is 10.2 Å². The largest absolute Gasteiger partial charge is 0.315 e. The normalized spacial score (nSPS) is 33.3. The molecule has 2 rings (SSSR count). The Bertz CT molecular complexity index is 270. The minimum atomic E-state index is 0.337. The molecule has 1 N–H and O–H groups in total. The van der Waals surface area contributed by atoms with Crippen molar-refractivity contribution >= 4 is 0 Å². The monoisotopic (exact) mass is 252 g/mol. The summed E-state index contributed by atoms with van der Waals surface area (Å²) in [6.07, 6.45) is 8.48. The highest BCUT2D eigenvalue weighted by Gasteiger charge is 2.49. The Labute approximate surface area is 114 Å². The van der Waals surface area contributed by atoms with Crippen LogP contribution in [-0.4, -0.2) is 37.6 Å². The molecule has 2 saturated carbocycles. The minimum Gasteiger partial charge on any atom is -0.315 e. The molecule has 4 unspecified atom stereocenters. The highest BCUT2D eigenvalue weighted by Crippen LogP contribution is 2.51. The molecule has 2 nitrogen and oxygen atoms in total. The third kappa shape index (κ3) is 2.12. The van der Waals surface area contributed by atoms with E-state index in [9.17, 15) is 0 Å². The molecular weight excluding hydrogens is 220 g/mol. The van der Waals surface area contributed by atoms with Crippen LogP contribution in [0, 0.1) is 17.8 Å². The van der Waals surface area contributed by atoms with Gasteiger partial charge < -0.3 is 10.2 Å². The molecule has 0 heterocycles. The molecule has 2 aliphatic carbocycles. The fraction of sp³-hybridized carbons (Fsp3) is 1.00. The average Bonchev–Trinajstić information content (AvgIpc) is 2.97. The fourth-order valence-electron chi connectivity index (χ4n) is 5.18. The van der Waals surface area contributed by atoms with E-state index in [1.165, 1.54) is 38.5 Å². The van der Waals surface area contributed by atoms with Gasteiger partial charge in [-0.2, -0.15) is 0 Å². The summed E-state index contributed by atoms with van der Waals surface area (Å²) in [6.45, 7) is 4.72. The molecule has 0 aromatic heterocycles. The van der Waals surface area contributed by atoms with Crippen LogP contribution in [-0.2, 0) is 0 Å². The van der Waals surface area contributed by atoms with Crippen molar-refractivity contribution in [2.24, 2.45) is 17.8 Å². The standard InChI is InChI=1S/C16H32N2/c1-6-16(7-2,18(4)5)15(17-3)14-11-12-8-9-13(14)10-12/h12-15,17H,6-11H2,1-5H3. The molecule has 2 bridgehead atoms. The summed E-state index contributed by atoms with van der Waals surface area (Å²) >= 11 is 0. The molecule has 0 aromatic rings. The summed E-state index contributed by atoms with van der Waals surface area (Å²) in [6, 6.07) is 0.665. The molecule has 0 radical (unpaired) electrons. The van der Waals surface area contributed by atoms with Crippen LogP contribution in [0.1, 0.15) is 52.4 Å². The van der Waals surface area contributed by atoms with E-state index in [-0.39, 0.29) is 0 Å². The molecule has 0 aromatic carbocycles. The van der Waals surface area contributed by atoms with Gasteiger partial charge in [0.25, 0.3) is 0 Å². The number of hydrogen-bond donors (Lipinski definition) is 1. The van der Waals surface area contributed by atoms with Crippen LogP contribution < -0.4 is 5.32 Å². The van der Waals surface area contributed by atoms with Crippen LogP contribution in [0.5, 0.6) is 0 Å². The molecule has 0 aliphatic heterocycles. The lowest BCUT2D eigenvalue weighted by Gasteiger charge is -2.49. The molecule has 0 saturated heterocycles. The first kappa shape index (κ1) is 14.3. The SMILES string of the molecule is CCC(CC)(C(NC)C1CC2CCC1C2)N(C)C. The van der Waals surface area contributed by atoms with Crippen molar-refractivity contribution in [2.75, 3.05) is 21.1 Å². The molecule has 18 heavy (non-hydrogen) atoms. The van der Waals surface area contributed by atoms with Crippen molar-refractivity contribution < 1.29 is 0 Å². The predicted octanol–water partition coefficient (Wildman–Crippen LogP) is 3.13. The topological polar surface area (TPSA) is 15.3 Å². The van der Waals surface area contributed by atoms with Gasteiger partial charge in [-0.25, -0.2) is 0 Å². The summed E-state index contributed by atoms with van der Waals surface area (Å²) in [4.78, 5) is 2.49. The molecule has 2 heteroatoms. The van der Waals surface area contributed by atoms with Crippen molar-refractivity contribution in [3.63, 3.8) is 0 Å². The second-order valence-corrected chi connectivity index (χ2v) is 6.81. The minimum absolute atomic E-state index is 0.337. The van der Waals surface area contributed by atoms with Crippen LogP contribution in [0.25, 0.3) is 0 Å². The van der Waals surface area contributed by atoms with Gasteiger partial charge in [-0.15, -0.1) is 0 Å². The second kappa shape index (κ2) is 5.50. The zero-order valence-corrected chi connectivity index (χ0v) is 13.0. The van der Waals surface area contributed by atoms with E-state index >= 15 is 0 Å². The summed E-state index contributed by atoms with van der Waals surface area (Å²) in [5.74, 6) is 2.96. The summed E-state index contributed by atoms with van der Waals surface area (Å²) in [7, 11) is 6.72. The van der Waals surface area contributed by atoms with Gasteiger partial charge >= 0.3 is 0 Å². The third-order valence-corrected chi connectivity index (χ3v) is 6.23. The van der Waals surface area contributed by atoms with Crippen LogP contribution in [0.2, 0.25) is 0 Å². The molecule has 0 amide bonds. The van der Waals surface area contributed by atoms with Crippen LogP contribution in [0.3, 0.4) is 0 Å². The Morgan fingerprint density at radius 3 is 2.17 bits per heavy atom. The van der Waals surface area contributed by atoms with Crippen LogP contribution >= 0.6 is 0 Å². The van der Waals surface area contributed by atoms with E-state index in [1.807, 2.05) is 0 Å². The van der Waals surface area contributed by atoms with Crippen molar-refractivity contribution in [3.05, 3.63) is 0 Å². The Kier molecular flexibility index (Phi) is 4.38. The van der Waals surface area contributed by atoms with Gasteiger partial charge in [0.15, 0.2) is 0 Å². The number of hydrogen-bond acceptors (Lipinski definition) is 2. The number of rotatable bonds is 6. The molecule has 2 fully saturated rings. The number of likely N-dealkylation sites (N-methyl/N-ethyl adjacent to an activating group) is 2. The Morgan fingerprint density at radius 1 is 1.17 bits per heavy atom. The first-order valence-corrected chi connectivity index (χ1v) is 7.93. The first-order chi connectivity index (χ1) is 8.58. The maximum Gasteiger partial charge on any atom is 0.0353 e. The van der Waals surface area contributed by atoms with Gasteiger partial charge in [-0.05, 0) is 71.0 Å². The van der Waals surface area contributed by atoms with E-state index in [4.69, 9.17) is 0 Å². The van der Waals surface area contributed by atoms with Crippen molar-refractivity contribution in [3.8, 4) is 0 Å². The Morgan fingerprint density at radius 2 is 1.83 bits per heavy atom. The number of nitrogens with zero attached hydrogens (tertiary/aromatic N) is 1. The lowest BCUT2D eigenvalue weighted by atomic mass is 9.71. The van der Waals surface area contributed by atoms with E-state index in [0.717, 1.165) is 17.8 Å². The molecule has 2 aliphatic rings. The van der Waals surface area contributed by atoms with Crippen molar-refractivity contribution in [2.45, 2.75) is 64.0 Å². The fourth-order valence-corrected chi connectivity index (χ4v) is 5.18. The number of fused-ring (bicyclic) bond motifs is 2. The Balaban J connectivity index is 2.20. The first-order valence-electron chi connectivity index (χ1n) is 7.93. The lowest BCUT2D eigenvalue weighted by molar-refractivity contribution is 0.0469. The molecule has 106 valence electrons. The van der Waals surface area contributed by atoms with E-state index in [1.54, 1.807) is 0 Å². The van der Waals surface area contributed by atoms with Gasteiger partial charge in [-0.3, -0.25) is 0 Å². The maximum atomic E-state index is 3.71. The number of nitrogens with one attached hydrogen (secondary N) is 1. The maximum absolute atomic E-state index is 3.71. The average molecular weight is 252 g/mol. The van der Waals surface area contributed by atoms with E-state index < -0.39 is 0 Å². The Hall–Kier alpha value is -0.0800. The van der Waals surface area contributed by atoms with Crippen LogP contribution in [0.15, 0.2) is 0 Å². The highest BCUT2D eigenvalue weighted by molar-refractivity contribution is 5.05. The lowest BCUT2D eigenvalue weighted by Crippen LogP contribution is -2.61. The summed E-state index contributed by atoms with van der Waals surface area (Å²) < 4.78 is 0. The molecular formula is C16H32N2. The van der Waals surface area contributed by atoms with Gasteiger partial charge in [0.1, 0.15) is 0 Å². The highest BCUT2D eigenvalue weighted by atomic mass is 15.2.